The van der Waals surface area contributed by atoms with Crippen LogP contribution in [0.15, 0.2) is 0 Å². The third kappa shape index (κ3) is 4.91. The molecule has 1 rings (SSSR count). The highest BCUT2D eigenvalue weighted by Crippen LogP contribution is 2.20. The van der Waals surface area contributed by atoms with Crippen molar-refractivity contribution in [2.24, 2.45) is 0 Å². The van der Waals surface area contributed by atoms with Gasteiger partial charge in [0, 0.05) is 12.6 Å². The SMILES string of the molecule is O=C(O)CC1CCCN1C(=O)CNCC(F)(F)F. The minimum atomic E-state index is -4.36. The van der Waals surface area contributed by atoms with Gasteiger partial charge in [0.05, 0.1) is 19.5 Å². The molecular weight excluding hydrogens is 253 g/mol. The zero-order valence-electron chi connectivity index (χ0n) is 9.66. The van der Waals surface area contributed by atoms with E-state index in [9.17, 15) is 22.8 Å². The zero-order valence-corrected chi connectivity index (χ0v) is 9.66. The molecule has 1 unspecified atom stereocenters. The summed E-state index contributed by atoms with van der Waals surface area (Å²) in [6, 6.07) is -0.400. The van der Waals surface area contributed by atoms with Gasteiger partial charge in [0.2, 0.25) is 5.91 Å². The van der Waals surface area contributed by atoms with Crippen molar-refractivity contribution in [3.8, 4) is 0 Å². The van der Waals surface area contributed by atoms with Crippen molar-refractivity contribution in [1.82, 2.24) is 10.2 Å². The average molecular weight is 268 g/mol. The molecule has 0 saturated carbocycles. The lowest BCUT2D eigenvalue weighted by atomic mass is 10.1. The van der Waals surface area contributed by atoms with E-state index in [2.05, 4.69) is 0 Å². The van der Waals surface area contributed by atoms with Crippen LogP contribution in [0.5, 0.6) is 0 Å². The van der Waals surface area contributed by atoms with E-state index in [1.807, 2.05) is 5.32 Å². The molecule has 1 heterocycles. The number of halogens is 3. The van der Waals surface area contributed by atoms with Gasteiger partial charge in [0.15, 0.2) is 0 Å². The largest absolute Gasteiger partial charge is 0.481 e. The number of alkyl halides is 3. The van der Waals surface area contributed by atoms with Crippen LogP contribution in [-0.2, 0) is 9.59 Å². The number of rotatable bonds is 5. The molecule has 0 bridgehead atoms. The van der Waals surface area contributed by atoms with Gasteiger partial charge in [0.25, 0.3) is 0 Å². The molecule has 18 heavy (non-hydrogen) atoms. The van der Waals surface area contributed by atoms with Crippen LogP contribution in [0.2, 0.25) is 0 Å². The van der Waals surface area contributed by atoms with Crippen LogP contribution in [0, 0.1) is 0 Å². The van der Waals surface area contributed by atoms with Crippen molar-refractivity contribution in [3.05, 3.63) is 0 Å². The third-order valence-corrected chi connectivity index (χ3v) is 2.71. The van der Waals surface area contributed by atoms with Gasteiger partial charge < -0.3 is 15.3 Å². The molecule has 1 aliphatic heterocycles. The normalized spacial score (nSPS) is 20.2. The molecule has 1 amide bonds. The van der Waals surface area contributed by atoms with Crippen LogP contribution in [0.3, 0.4) is 0 Å². The van der Waals surface area contributed by atoms with E-state index in [0.717, 1.165) is 0 Å². The number of aliphatic carboxylic acids is 1. The van der Waals surface area contributed by atoms with Crippen LogP contribution >= 0.6 is 0 Å². The lowest BCUT2D eigenvalue weighted by molar-refractivity contribution is -0.140. The fraction of sp³-hybridized carbons (Fsp3) is 0.800. The molecule has 8 heteroatoms. The van der Waals surface area contributed by atoms with Crippen molar-refractivity contribution < 1.29 is 27.9 Å². The molecule has 0 aromatic carbocycles. The Balaban J connectivity index is 2.38. The van der Waals surface area contributed by atoms with Crippen LogP contribution in [0.25, 0.3) is 0 Å². The van der Waals surface area contributed by atoms with Gasteiger partial charge in [-0.15, -0.1) is 0 Å². The first kappa shape index (κ1) is 14.7. The van der Waals surface area contributed by atoms with Crippen molar-refractivity contribution in [2.45, 2.75) is 31.5 Å². The van der Waals surface area contributed by atoms with Crippen LogP contribution in [0.4, 0.5) is 13.2 Å². The fourth-order valence-corrected chi connectivity index (χ4v) is 1.99. The summed E-state index contributed by atoms with van der Waals surface area (Å²) in [7, 11) is 0. The summed E-state index contributed by atoms with van der Waals surface area (Å²) in [5.74, 6) is -1.49. The molecule has 1 saturated heterocycles. The van der Waals surface area contributed by atoms with Crippen molar-refractivity contribution in [1.29, 1.82) is 0 Å². The quantitative estimate of drug-likeness (QED) is 0.766. The summed E-state index contributed by atoms with van der Waals surface area (Å²) in [5.41, 5.74) is 0. The summed E-state index contributed by atoms with van der Waals surface area (Å²) < 4.78 is 35.6. The zero-order chi connectivity index (χ0) is 13.8. The van der Waals surface area contributed by atoms with Crippen molar-refractivity contribution in [2.75, 3.05) is 19.6 Å². The van der Waals surface area contributed by atoms with E-state index in [1.54, 1.807) is 0 Å². The summed E-state index contributed by atoms with van der Waals surface area (Å²) >= 11 is 0. The average Bonchev–Trinajstić information content (AvgIpc) is 2.62. The van der Waals surface area contributed by atoms with Crippen molar-refractivity contribution in [3.63, 3.8) is 0 Å². The summed E-state index contributed by atoms with van der Waals surface area (Å²) in [6.45, 7) is -1.24. The second kappa shape index (κ2) is 6.03. The molecule has 1 aliphatic rings. The summed E-state index contributed by atoms with van der Waals surface area (Å²) in [4.78, 5) is 23.5. The molecule has 0 aliphatic carbocycles. The van der Waals surface area contributed by atoms with Crippen LogP contribution in [-0.4, -0.2) is 53.7 Å². The van der Waals surface area contributed by atoms with Crippen molar-refractivity contribution >= 4 is 11.9 Å². The molecule has 0 spiro atoms. The second-order valence-corrected chi connectivity index (χ2v) is 4.20. The molecule has 0 radical (unpaired) electrons. The Morgan fingerprint density at radius 2 is 2.06 bits per heavy atom. The van der Waals surface area contributed by atoms with Gasteiger partial charge in [0.1, 0.15) is 0 Å². The van der Waals surface area contributed by atoms with E-state index < -0.39 is 37.2 Å². The Bertz CT molecular complexity index is 320. The van der Waals surface area contributed by atoms with Gasteiger partial charge in [-0.3, -0.25) is 9.59 Å². The number of carbonyl (C=O) groups excluding carboxylic acids is 1. The number of nitrogens with one attached hydrogen (secondary N) is 1. The van der Waals surface area contributed by atoms with E-state index in [4.69, 9.17) is 5.11 Å². The molecule has 0 aromatic rings. The van der Waals surface area contributed by atoms with Gasteiger partial charge in [-0.25, -0.2) is 0 Å². The van der Waals surface area contributed by atoms with E-state index in [1.165, 1.54) is 4.90 Å². The van der Waals surface area contributed by atoms with Gasteiger partial charge in [-0.05, 0) is 12.8 Å². The lowest BCUT2D eigenvalue weighted by Gasteiger charge is -2.23. The molecule has 104 valence electrons. The topological polar surface area (TPSA) is 69.6 Å². The first-order valence-corrected chi connectivity index (χ1v) is 5.58. The monoisotopic (exact) mass is 268 g/mol. The number of carboxylic acids is 1. The second-order valence-electron chi connectivity index (χ2n) is 4.20. The predicted molar refractivity (Wildman–Crippen MR) is 55.9 cm³/mol. The first-order chi connectivity index (χ1) is 8.29. The Kier molecular flexibility index (Phi) is 4.94. The maximum atomic E-state index is 11.9. The molecule has 0 aromatic heterocycles. The number of nitrogens with zero attached hydrogens (tertiary/aromatic N) is 1. The number of carbonyl (C=O) groups is 2. The summed E-state index contributed by atoms with van der Waals surface area (Å²) in [5, 5.41) is 10.7. The van der Waals surface area contributed by atoms with E-state index in [-0.39, 0.29) is 6.42 Å². The number of hydrogen-bond donors (Lipinski definition) is 2. The minimum Gasteiger partial charge on any atom is -0.481 e. The Labute approximate surface area is 102 Å². The number of hydrogen-bond acceptors (Lipinski definition) is 3. The fourth-order valence-electron chi connectivity index (χ4n) is 1.99. The minimum absolute atomic E-state index is 0.162. The van der Waals surface area contributed by atoms with Gasteiger partial charge in [-0.1, -0.05) is 0 Å². The predicted octanol–water partition coefficient (Wildman–Crippen LogP) is 0.604. The van der Waals surface area contributed by atoms with Gasteiger partial charge >= 0.3 is 12.1 Å². The van der Waals surface area contributed by atoms with Crippen LogP contribution in [0.1, 0.15) is 19.3 Å². The standard InChI is InChI=1S/C10H15F3N2O3/c11-10(12,13)6-14-5-8(16)15-3-1-2-7(15)4-9(17)18/h7,14H,1-6H2,(H,17,18). The first-order valence-electron chi connectivity index (χ1n) is 5.58. The highest BCUT2D eigenvalue weighted by molar-refractivity contribution is 5.79. The Morgan fingerprint density at radius 1 is 1.39 bits per heavy atom. The Morgan fingerprint density at radius 3 is 2.61 bits per heavy atom. The highest BCUT2D eigenvalue weighted by atomic mass is 19.4. The number of carboxylic acid groups (broad SMARTS) is 1. The number of likely N-dealkylation sites (tertiary alicyclic amines) is 1. The number of amides is 1. The van der Waals surface area contributed by atoms with Crippen LogP contribution < -0.4 is 5.32 Å². The molecule has 1 atom stereocenters. The molecular formula is C10H15F3N2O3. The smallest absolute Gasteiger partial charge is 0.401 e. The highest BCUT2D eigenvalue weighted by Gasteiger charge is 2.31. The van der Waals surface area contributed by atoms with Gasteiger partial charge in [-0.2, -0.15) is 13.2 Å². The maximum absolute atomic E-state index is 11.9. The van der Waals surface area contributed by atoms with E-state index >= 15 is 0 Å². The molecule has 5 nitrogen and oxygen atoms in total. The maximum Gasteiger partial charge on any atom is 0.401 e. The Hall–Kier alpha value is -1.31. The third-order valence-electron chi connectivity index (χ3n) is 2.71. The molecule has 2 N–H and O–H groups in total. The molecule has 1 fully saturated rings. The summed E-state index contributed by atoms with van der Waals surface area (Å²) in [6.07, 6.45) is -3.25. The lowest BCUT2D eigenvalue weighted by Crippen LogP contribution is -2.43. The van der Waals surface area contributed by atoms with E-state index in [0.29, 0.717) is 19.4 Å².